The number of carbonyl (C=O) groups is 2. The molecule has 1 heterocycles. The highest BCUT2D eigenvalue weighted by molar-refractivity contribution is 7.89. The number of aryl methyl sites for hydroxylation is 1. The topological polar surface area (TPSA) is 104 Å². The molecule has 0 bridgehead atoms. The second-order valence-corrected chi connectivity index (χ2v) is 8.79. The van der Waals surface area contributed by atoms with Crippen LogP contribution in [0.5, 0.6) is 0 Å². The van der Waals surface area contributed by atoms with Crippen LogP contribution in [0.4, 0.5) is 0 Å². The molecular formula is C19H28N2O5S. The lowest BCUT2D eigenvalue weighted by Gasteiger charge is -2.16. The van der Waals surface area contributed by atoms with E-state index in [1.165, 1.54) is 4.31 Å². The first kappa shape index (κ1) is 21.4. The zero-order valence-corrected chi connectivity index (χ0v) is 16.5. The lowest BCUT2D eigenvalue weighted by atomic mass is 10.1. The number of hydrogen-bond donors (Lipinski definition) is 2. The molecule has 0 aromatic heterocycles. The Morgan fingerprint density at radius 1 is 1.19 bits per heavy atom. The first-order valence-corrected chi connectivity index (χ1v) is 10.9. The number of sulfonamides is 1. The van der Waals surface area contributed by atoms with Gasteiger partial charge >= 0.3 is 5.97 Å². The van der Waals surface area contributed by atoms with E-state index in [1.54, 1.807) is 24.3 Å². The van der Waals surface area contributed by atoms with Gasteiger partial charge in [-0.05, 0) is 43.4 Å². The Morgan fingerprint density at radius 3 is 2.37 bits per heavy atom. The standard InChI is InChI=1S/C19H28N2O5S/c1-2-3-6-17(19(23)24)20-18(22)12-9-15-7-10-16(11-8-15)27(25,26)21-13-4-5-14-21/h7-8,10-11,17H,2-6,9,12-14H2,1H3,(H,20,22)(H,23,24). The summed E-state index contributed by atoms with van der Waals surface area (Å²) < 4.78 is 26.5. The minimum atomic E-state index is -3.43. The Morgan fingerprint density at radius 2 is 1.81 bits per heavy atom. The quantitative estimate of drug-likeness (QED) is 0.631. The van der Waals surface area contributed by atoms with Crippen LogP contribution in [-0.4, -0.2) is 48.8 Å². The maximum atomic E-state index is 12.5. The van der Waals surface area contributed by atoms with Crippen molar-refractivity contribution in [2.45, 2.75) is 62.8 Å². The molecule has 1 aliphatic heterocycles. The van der Waals surface area contributed by atoms with Gasteiger partial charge in [-0.1, -0.05) is 31.9 Å². The second-order valence-electron chi connectivity index (χ2n) is 6.86. The Kier molecular flexibility index (Phi) is 7.79. The average Bonchev–Trinajstić information content (AvgIpc) is 3.19. The van der Waals surface area contributed by atoms with Crippen LogP contribution in [0.3, 0.4) is 0 Å². The van der Waals surface area contributed by atoms with Crippen LogP contribution < -0.4 is 5.32 Å². The van der Waals surface area contributed by atoms with E-state index < -0.39 is 22.0 Å². The molecule has 1 fully saturated rings. The molecule has 1 aromatic carbocycles. The molecular weight excluding hydrogens is 368 g/mol. The Balaban J connectivity index is 1.89. The number of unbranched alkanes of at least 4 members (excludes halogenated alkanes) is 1. The fraction of sp³-hybridized carbons (Fsp3) is 0.579. The van der Waals surface area contributed by atoms with Gasteiger partial charge in [-0.3, -0.25) is 4.79 Å². The molecule has 27 heavy (non-hydrogen) atoms. The number of aliphatic carboxylic acids is 1. The second kappa shape index (κ2) is 9.85. The van der Waals surface area contributed by atoms with E-state index in [0.29, 0.717) is 25.9 Å². The van der Waals surface area contributed by atoms with Crippen molar-refractivity contribution in [1.82, 2.24) is 9.62 Å². The van der Waals surface area contributed by atoms with Gasteiger partial charge in [0, 0.05) is 19.5 Å². The van der Waals surface area contributed by atoms with E-state index >= 15 is 0 Å². The van der Waals surface area contributed by atoms with Gasteiger partial charge in [-0.15, -0.1) is 0 Å². The molecule has 0 saturated carbocycles. The Bertz CT molecular complexity index is 740. The number of carboxylic acids is 1. The highest BCUT2D eigenvalue weighted by atomic mass is 32.2. The summed E-state index contributed by atoms with van der Waals surface area (Å²) in [5, 5.41) is 11.7. The molecule has 8 heteroatoms. The number of carboxylic acid groups (broad SMARTS) is 1. The highest BCUT2D eigenvalue weighted by Gasteiger charge is 2.27. The number of hydrogen-bond acceptors (Lipinski definition) is 4. The zero-order chi connectivity index (χ0) is 19.9. The van der Waals surface area contributed by atoms with Crippen LogP contribution in [0.25, 0.3) is 0 Å². The van der Waals surface area contributed by atoms with Gasteiger partial charge in [0.2, 0.25) is 15.9 Å². The van der Waals surface area contributed by atoms with E-state index in [-0.39, 0.29) is 17.2 Å². The molecule has 1 amide bonds. The van der Waals surface area contributed by atoms with Crippen molar-refractivity contribution in [1.29, 1.82) is 0 Å². The Hall–Kier alpha value is -1.93. The maximum absolute atomic E-state index is 12.5. The first-order chi connectivity index (χ1) is 12.8. The van der Waals surface area contributed by atoms with E-state index in [0.717, 1.165) is 31.2 Å². The number of rotatable bonds is 10. The molecule has 1 aliphatic rings. The maximum Gasteiger partial charge on any atom is 0.326 e. The van der Waals surface area contributed by atoms with Crippen LogP contribution in [0, 0.1) is 0 Å². The molecule has 0 radical (unpaired) electrons. The van der Waals surface area contributed by atoms with Crippen molar-refractivity contribution in [3.8, 4) is 0 Å². The Labute approximate surface area is 160 Å². The van der Waals surface area contributed by atoms with Crippen molar-refractivity contribution in [3.63, 3.8) is 0 Å². The third-order valence-electron chi connectivity index (χ3n) is 4.75. The van der Waals surface area contributed by atoms with Crippen LogP contribution in [0.2, 0.25) is 0 Å². The summed E-state index contributed by atoms with van der Waals surface area (Å²) in [6.07, 6.45) is 4.39. The summed E-state index contributed by atoms with van der Waals surface area (Å²) in [6, 6.07) is 5.71. The predicted octanol–water partition coefficient (Wildman–Crippen LogP) is 2.16. The van der Waals surface area contributed by atoms with Crippen LogP contribution in [-0.2, 0) is 26.0 Å². The summed E-state index contributed by atoms with van der Waals surface area (Å²) in [4.78, 5) is 23.5. The van der Waals surface area contributed by atoms with Crippen LogP contribution >= 0.6 is 0 Å². The molecule has 0 aliphatic carbocycles. The summed E-state index contributed by atoms with van der Waals surface area (Å²) >= 11 is 0. The number of carbonyl (C=O) groups excluding carboxylic acids is 1. The van der Waals surface area contributed by atoms with Crippen molar-refractivity contribution in [3.05, 3.63) is 29.8 Å². The van der Waals surface area contributed by atoms with E-state index in [2.05, 4.69) is 5.32 Å². The van der Waals surface area contributed by atoms with Gasteiger partial charge in [0.25, 0.3) is 0 Å². The van der Waals surface area contributed by atoms with E-state index in [1.807, 2.05) is 6.92 Å². The summed E-state index contributed by atoms with van der Waals surface area (Å²) in [7, 11) is -3.43. The van der Waals surface area contributed by atoms with Crippen molar-refractivity contribution >= 4 is 21.9 Å². The van der Waals surface area contributed by atoms with E-state index in [4.69, 9.17) is 5.11 Å². The smallest absolute Gasteiger partial charge is 0.326 e. The lowest BCUT2D eigenvalue weighted by Crippen LogP contribution is -2.40. The van der Waals surface area contributed by atoms with Crippen LogP contribution in [0.1, 0.15) is 51.0 Å². The molecule has 1 aromatic rings. The minimum absolute atomic E-state index is 0.161. The fourth-order valence-corrected chi connectivity index (χ4v) is 4.61. The lowest BCUT2D eigenvalue weighted by molar-refractivity contribution is -0.142. The SMILES string of the molecule is CCCCC(NC(=O)CCc1ccc(S(=O)(=O)N2CCCC2)cc1)C(=O)O. The van der Waals surface area contributed by atoms with Gasteiger partial charge < -0.3 is 10.4 Å². The molecule has 1 atom stereocenters. The predicted molar refractivity (Wildman–Crippen MR) is 102 cm³/mol. The fourth-order valence-electron chi connectivity index (χ4n) is 3.10. The normalized spacial score (nSPS) is 16.2. The molecule has 1 saturated heterocycles. The molecule has 2 rings (SSSR count). The zero-order valence-electron chi connectivity index (χ0n) is 15.7. The largest absolute Gasteiger partial charge is 0.480 e. The molecule has 0 spiro atoms. The van der Waals surface area contributed by atoms with Crippen molar-refractivity contribution in [2.24, 2.45) is 0 Å². The van der Waals surface area contributed by atoms with Gasteiger partial charge in [0.15, 0.2) is 0 Å². The highest BCUT2D eigenvalue weighted by Crippen LogP contribution is 2.21. The van der Waals surface area contributed by atoms with E-state index in [9.17, 15) is 18.0 Å². The summed E-state index contributed by atoms with van der Waals surface area (Å²) in [5.41, 5.74) is 0.839. The van der Waals surface area contributed by atoms with Crippen molar-refractivity contribution < 1.29 is 23.1 Å². The van der Waals surface area contributed by atoms with Crippen LogP contribution in [0.15, 0.2) is 29.2 Å². The molecule has 2 N–H and O–H groups in total. The molecule has 1 unspecified atom stereocenters. The minimum Gasteiger partial charge on any atom is -0.480 e. The van der Waals surface area contributed by atoms with Crippen molar-refractivity contribution in [2.75, 3.05) is 13.1 Å². The van der Waals surface area contributed by atoms with Gasteiger partial charge in [0.05, 0.1) is 4.90 Å². The number of nitrogens with one attached hydrogen (secondary N) is 1. The molecule has 7 nitrogen and oxygen atoms in total. The summed E-state index contributed by atoms with van der Waals surface area (Å²) in [6.45, 7) is 3.09. The number of nitrogens with zero attached hydrogens (tertiary/aromatic N) is 1. The monoisotopic (exact) mass is 396 g/mol. The summed E-state index contributed by atoms with van der Waals surface area (Å²) in [5.74, 6) is -1.33. The third-order valence-corrected chi connectivity index (χ3v) is 6.66. The third kappa shape index (κ3) is 6.04. The number of amides is 1. The first-order valence-electron chi connectivity index (χ1n) is 9.46. The number of benzene rings is 1. The molecule has 150 valence electrons. The van der Waals surface area contributed by atoms with Gasteiger partial charge in [-0.2, -0.15) is 4.31 Å². The van der Waals surface area contributed by atoms with Gasteiger partial charge in [0.1, 0.15) is 6.04 Å². The van der Waals surface area contributed by atoms with Gasteiger partial charge in [-0.25, -0.2) is 13.2 Å². The average molecular weight is 397 g/mol.